The maximum atomic E-state index is 5.49. The highest BCUT2D eigenvalue weighted by molar-refractivity contribution is 7.16. The first-order valence-electron chi connectivity index (χ1n) is 8.88. The number of fused-ring (bicyclic) bond motifs is 1. The smallest absolute Gasteiger partial charge is 0.234 e. The lowest BCUT2D eigenvalue weighted by Crippen LogP contribution is -2.43. The summed E-state index contributed by atoms with van der Waals surface area (Å²) in [6.45, 7) is 6.41. The lowest BCUT2D eigenvalue weighted by molar-refractivity contribution is 0.0251. The van der Waals surface area contributed by atoms with Gasteiger partial charge in [-0.1, -0.05) is 18.3 Å². The molecule has 0 bridgehead atoms. The van der Waals surface area contributed by atoms with Crippen LogP contribution in [0.2, 0.25) is 0 Å². The van der Waals surface area contributed by atoms with E-state index in [0.29, 0.717) is 5.92 Å². The maximum Gasteiger partial charge on any atom is 0.234 e. The Hall–Kier alpha value is -1.05. The van der Waals surface area contributed by atoms with Crippen LogP contribution in [0.5, 0.6) is 0 Å². The van der Waals surface area contributed by atoms with Gasteiger partial charge < -0.3 is 9.64 Å². The van der Waals surface area contributed by atoms with Crippen molar-refractivity contribution in [2.75, 3.05) is 26.3 Å². The summed E-state index contributed by atoms with van der Waals surface area (Å²) in [7, 11) is 0. The molecule has 0 spiro atoms. The number of hydrogen-bond acceptors (Lipinski definition) is 6. The number of hydrogen-bond donors (Lipinski definition) is 0. The molecule has 0 aliphatic carbocycles. The fraction of sp³-hybridized carbons (Fsp3) is 0.812. The van der Waals surface area contributed by atoms with E-state index in [0.717, 1.165) is 42.9 Å². The number of rotatable bonds is 4. The molecule has 0 radical (unpaired) electrons. The number of ether oxygens (including phenoxy) is 1. The third-order valence-electron chi connectivity index (χ3n) is 5.13. The van der Waals surface area contributed by atoms with Gasteiger partial charge in [-0.3, -0.25) is 0 Å². The van der Waals surface area contributed by atoms with E-state index in [1.807, 2.05) is 4.52 Å². The molecule has 0 amide bonds. The normalized spacial score (nSPS) is 22.1. The van der Waals surface area contributed by atoms with Crippen molar-refractivity contribution in [1.82, 2.24) is 24.7 Å². The molecule has 126 valence electrons. The molecule has 2 aromatic heterocycles. The Labute approximate surface area is 140 Å². The van der Waals surface area contributed by atoms with Crippen LogP contribution in [0.15, 0.2) is 0 Å². The van der Waals surface area contributed by atoms with E-state index in [9.17, 15) is 0 Å². The molecule has 2 saturated heterocycles. The quantitative estimate of drug-likeness (QED) is 0.859. The number of nitrogens with zero attached hydrogens (tertiary/aromatic N) is 5. The molecule has 4 rings (SSSR count). The van der Waals surface area contributed by atoms with Crippen LogP contribution in [0.25, 0.3) is 4.96 Å². The van der Waals surface area contributed by atoms with Crippen LogP contribution in [-0.4, -0.2) is 57.1 Å². The largest absolute Gasteiger partial charge is 0.381 e. The molecule has 2 aromatic rings. The molecule has 7 heteroatoms. The zero-order valence-corrected chi connectivity index (χ0v) is 14.6. The molecule has 0 atom stereocenters. The molecule has 23 heavy (non-hydrogen) atoms. The SMILES string of the molecule is CCCc1nnc2sc(C3CCN(C4CCOCC4)CC3)nn12. The van der Waals surface area contributed by atoms with Gasteiger partial charge in [-0.2, -0.15) is 9.61 Å². The monoisotopic (exact) mass is 335 g/mol. The summed E-state index contributed by atoms with van der Waals surface area (Å²) in [5.41, 5.74) is 0. The summed E-state index contributed by atoms with van der Waals surface area (Å²) >= 11 is 1.73. The summed E-state index contributed by atoms with van der Waals surface area (Å²) in [5, 5.41) is 14.6. The van der Waals surface area contributed by atoms with Crippen LogP contribution in [0.3, 0.4) is 0 Å². The summed E-state index contributed by atoms with van der Waals surface area (Å²) < 4.78 is 7.45. The lowest BCUT2D eigenvalue weighted by Gasteiger charge is -2.38. The number of likely N-dealkylation sites (tertiary alicyclic amines) is 1. The molecule has 2 aliphatic heterocycles. The van der Waals surface area contributed by atoms with Crippen molar-refractivity contribution in [3.63, 3.8) is 0 Å². The summed E-state index contributed by atoms with van der Waals surface area (Å²) in [4.78, 5) is 3.62. The molecular weight excluding hydrogens is 310 g/mol. The Morgan fingerprint density at radius 1 is 1.13 bits per heavy atom. The Balaban J connectivity index is 1.41. The average molecular weight is 335 g/mol. The van der Waals surface area contributed by atoms with E-state index in [-0.39, 0.29) is 0 Å². The first kappa shape index (κ1) is 15.5. The van der Waals surface area contributed by atoms with E-state index in [2.05, 4.69) is 22.0 Å². The van der Waals surface area contributed by atoms with E-state index < -0.39 is 0 Å². The van der Waals surface area contributed by atoms with Gasteiger partial charge in [0.15, 0.2) is 5.82 Å². The highest BCUT2D eigenvalue weighted by atomic mass is 32.1. The number of aromatic nitrogens is 4. The summed E-state index contributed by atoms with van der Waals surface area (Å²) in [5.74, 6) is 1.59. The van der Waals surface area contributed by atoms with Crippen LogP contribution < -0.4 is 0 Å². The number of aryl methyl sites for hydroxylation is 1. The lowest BCUT2D eigenvalue weighted by atomic mass is 9.95. The molecule has 0 saturated carbocycles. The van der Waals surface area contributed by atoms with Crippen molar-refractivity contribution < 1.29 is 4.74 Å². The topological polar surface area (TPSA) is 55.5 Å². The van der Waals surface area contributed by atoms with Gasteiger partial charge in [0.05, 0.1) is 0 Å². The van der Waals surface area contributed by atoms with Gasteiger partial charge in [-0.15, -0.1) is 10.2 Å². The second-order valence-corrected chi connectivity index (χ2v) is 7.64. The van der Waals surface area contributed by atoms with E-state index in [4.69, 9.17) is 9.84 Å². The minimum Gasteiger partial charge on any atom is -0.381 e. The van der Waals surface area contributed by atoms with Gasteiger partial charge in [0.1, 0.15) is 5.01 Å². The van der Waals surface area contributed by atoms with Crippen molar-refractivity contribution in [3.8, 4) is 0 Å². The van der Waals surface area contributed by atoms with Crippen LogP contribution in [0, 0.1) is 0 Å². The van der Waals surface area contributed by atoms with E-state index in [1.54, 1.807) is 11.3 Å². The highest BCUT2D eigenvalue weighted by Gasteiger charge is 2.29. The van der Waals surface area contributed by atoms with Crippen molar-refractivity contribution in [2.24, 2.45) is 0 Å². The first-order valence-corrected chi connectivity index (χ1v) is 9.69. The Kier molecular flexibility index (Phi) is 4.59. The summed E-state index contributed by atoms with van der Waals surface area (Å²) in [6.07, 6.45) is 6.85. The maximum absolute atomic E-state index is 5.49. The standard InChI is InChI=1S/C16H25N5OS/c1-2-3-14-17-18-16-21(14)19-15(23-16)12-4-8-20(9-5-12)13-6-10-22-11-7-13/h12-13H,2-11H2,1H3. The second kappa shape index (κ2) is 6.83. The molecule has 4 heterocycles. The average Bonchev–Trinajstić information content (AvgIpc) is 3.18. The molecule has 0 unspecified atom stereocenters. The minimum absolute atomic E-state index is 0.590. The van der Waals surface area contributed by atoms with Crippen LogP contribution >= 0.6 is 11.3 Å². The number of piperidine rings is 1. The van der Waals surface area contributed by atoms with Crippen LogP contribution in [0.4, 0.5) is 0 Å². The fourth-order valence-corrected chi connectivity index (χ4v) is 4.80. The Morgan fingerprint density at radius 3 is 2.65 bits per heavy atom. The highest BCUT2D eigenvalue weighted by Crippen LogP contribution is 2.32. The molecule has 6 nitrogen and oxygen atoms in total. The fourth-order valence-electron chi connectivity index (χ4n) is 3.78. The van der Waals surface area contributed by atoms with Gasteiger partial charge in [0.2, 0.25) is 4.96 Å². The second-order valence-electron chi connectivity index (χ2n) is 6.65. The third kappa shape index (κ3) is 3.14. The Bertz CT molecular complexity index is 640. The van der Waals surface area contributed by atoms with Crippen molar-refractivity contribution in [2.45, 2.75) is 57.4 Å². The van der Waals surface area contributed by atoms with Crippen LogP contribution in [0.1, 0.15) is 55.8 Å². The molecule has 2 aliphatic rings. The van der Waals surface area contributed by atoms with Gasteiger partial charge >= 0.3 is 0 Å². The van der Waals surface area contributed by atoms with Gasteiger partial charge in [-0.25, -0.2) is 0 Å². The zero-order chi connectivity index (χ0) is 15.6. The van der Waals surface area contributed by atoms with Gasteiger partial charge in [-0.05, 0) is 45.2 Å². The Morgan fingerprint density at radius 2 is 1.91 bits per heavy atom. The first-order chi connectivity index (χ1) is 11.3. The molecule has 0 aromatic carbocycles. The van der Waals surface area contributed by atoms with E-state index in [1.165, 1.54) is 43.8 Å². The minimum atomic E-state index is 0.590. The predicted octanol–water partition coefficient (Wildman–Crippen LogP) is 2.50. The summed E-state index contributed by atoms with van der Waals surface area (Å²) in [6, 6.07) is 0.735. The zero-order valence-electron chi connectivity index (χ0n) is 13.8. The van der Waals surface area contributed by atoms with Gasteiger partial charge in [0.25, 0.3) is 0 Å². The van der Waals surface area contributed by atoms with Crippen LogP contribution in [-0.2, 0) is 11.2 Å². The third-order valence-corrected chi connectivity index (χ3v) is 6.19. The van der Waals surface area contributed by atoms with Gasteiger partial charge in [0, 0.05) is 31.6 Å². The van der Waals surface area contributed by atoms with E-state index >= 15 is 0 Å². The van der Waals surface area contributed by atoms with Crippen molar-refractivity contribution >= 4 is 16.3 Å². The molecule has 0 N–H and O–H groups in total. The molecule has 2 fully saturated rings. The molecular formula is C16H25N5OS. The van der Waals surface area contributed by atoms with Crippen molar-refractivity contribution in [3.05, 3.63) is 10.8 Å². The predicted molar refractivity (Wildman–Crippen MR) is 90.0 cm³/mol. The van der Waals surface area contributed by atoms with Crippen molar-refractivity contribution in [1.29, 1.82) is 0 Å².